The van der Waals surface area contributed by atoms with Crippen LogP contribution in [0.5, 0.6) is 0 Å². The molecule has 102 valence electrons. The molecule has 3 rings (SSSR count). The SMILES string of the molecule is Cc1cccc2sc(Nc3c(Cl)cc(F)cc3Br)nc12. The summed E-state index contributed by atoms with van der Waals surface area (Å²) in [4.78, 5) is 4.55. The van der Waals surface area contributed by atoms with Gasteiger partial charge in [-0.3, -0.25) is 0 Å². The number of aryl methyl sites for hydroxylation is 1. The number of para-hydroxylation sites is 1. The maximum absolute atomic E-state index is 13.2. The maximum Gasteiger partial charge on any atom is 0.188 e. The summed E-state index contributed by atoms with van der Waals surface area (Å²) < 4.78 is 14.9. The number of thiazole rings is 1. The molecular weight excluding hydrogens is 363 g/mol. The summed E-state index contributed by atoms with van der Waals surface area (Å²) in [6.45, 7) is 2.02. The van der Waals surface area contributed by atoms with Crippen LogP contribution in [0.3, 0.4) is 0 Å². The van der Waals surface area contributed by atoms with Crippen molar-refractivity contribution >= 4 is 59.9 Å². The van der Waals surface area contributed by atoms with E-state index in [2.05, 4.69) is 26.2 Å². The van der Waals surface area contributed by atoms with Crippen molar-refractivity contribution in [3.05, 3.63) is 51.2 Å². The van der Waals surface area contributed by atoms with Gasteiger partial charge in [-0.1, -0.05) is 35.1 Å². The van der Waals surface area contributed by atoms with E-state index in [1.807, 2.05) is 25.1 Å². The first-order valence-corrected chi connectivity index (χ1v) is 7.81. The number of hydrogen-bond donors (Lipinski definition) is 1. The Hall–Kier alpha value is -1.17. The van der Waals surface area contributed by atoms with Crippen LogP contribution in [0.2, 0.25) is 5.02 Å². The van der Waals surface area contributed by atoms with E-state index in [-0.39, 0.29) is 5.82 Å². The third kappa shape index (κ3) is 2.53. The Morgan fingerprint density at radius 3 is 2.85 bits per heavy atom. The molecule has 0 aliphatic carbocycles. The van der Waals surface area contributed by atoms with E-state index in [1.165, 1.54) is 23.5 Å². The summed E-state index contributed by atoms with van der Waals surface area (Å²) in [7, 11) is 0. The number of anilines is 2. The zero-order valence-electron chi connectivity index (χ0n) is 10.4. The minimum Gasteiger partial charge on any atom is -0.329 e. The Kier molecular flexibility index (Phi) is 3.67. The quantitative estimate of drug-likeness (QED) is 0.606. The highest BCUT2D eigenvalue weighted by Crippen LogP contribution is 2.36. The Morgan fingerprint density at radius 1 is 1.35 bits per heavy atom. The van der Waals surface area contributed by atoms with Crippen molar-refractivity contribution in [2.45, 2.75) is 6.92 Å². The molecule has 1 aromatic heterocycles. The maximum atomic E-state index is 13.2. The fourth-order valence-corrected chi connectivity index (χ4v) is 3.76. The average molecular weight is 372 g/mol. The minimum absolute atomic E-state index is 0.313. The van der Waals surface area contributed by atoms with Crippen LogP contribution in [-0.4, -0.2) is 4.98 Å². The summed E-state index contributed by atoms with van der Waals surface area (Å²) in [5, 5.41) is 4.18. The van der Waals surface area contributed by atoms with Crippen molar-refractivity contribution in [3.8, 4) is 0 Å². The average Bonchev–Trinajstić information content (AvgIpc) is 2.78. The Labute approximate surface area is 132 Å². The highest BCUT2D eigenvalue weighted by Gasteiger charge is 2.11. The number of halogens is 3. The second-order valence-corrected chi connectivity index (χ2v) is 6.60. The van der Waals surface area contributed by atoms with Gasteiger partial charge in [0.25, 0.3) is 0 Å². The van der Waals surface area contributed by atoms with Gasteiger partial charge in [0.2, 0.25) is 0 Å². The van der Waals surface area contributed by atoms with E-state index in [9.17, 15) is 4.39 Å². The number of benzene rings is 2. The van der Waals surface area contributed by atoms with Crippen molar-refractivity contribution in [2.24, 2.45) is 0 Å². The molecule has 0 unspecified atom stereocenters. The van der Waals surface area contributed by atoms with Crippen LogP contribution in [0.1, 0.15) is 5.56 Å². The molecule has 0 amide bonds. The summed E-state index contributed by atoms with van der Waals surface area (Å²) >= 11 is 10.9. The molecule has 2 aromatic carbocycles. The van der Waals surface area contributed by atoms with E-state index in [0.717, 1.165) is 20.9 Å². The fourth-order valence-electron chi connectivity index (χ4n) is 1.91. The molecule has 0 saturated carbocycles. The number of hydrogen-bond acceptors (Lipinski definition) is 3. The number of rotatable bonds is 2. The van der Waals surface area contributed by atoms with Crippen molar-refractivity contribution in [3.63, 3.8) is 0 Å². The number of nitrogens with one attached hydrogen (secondary N) is 1. The normalized spacial score (nSPS) is 11.0. The third-order valence-corrected chi connectivity index (χ3v) is 4.72. The molecule has 6 heteroatoms. The lowest BCUT2D eigenvalue weighted by Gasteiger charge is -2.07. The van der Waals surface area contributed by atoms with Crippen LogP contribution in [0, 0.1) is 12.7 Å². The first-order chi connectivity index (χ1) is 9.54. The molecule has 0 aliphatic heterocycles. The van der Waals surface area contributed by atoms with Crippen LogP contribution in [0.15, 0.2) is 34.8 Å². The molecule has 0 atom stereocenters. The molecule has 2 nitrogen and oxygen atoms in total. The number of aromatic nitrogens is 1. The molecule has 1 heterocycles. The second kappa shape index (κ2) is 5.31. The first kappa shape index (κ1) is 13.8. The smallest absolute Gasteiger partial charge is 0.188 e. The zero-order valence-corrected chi connectivity index (χ0v) is 13.5. The Balaban J connectivity index is 2.04. The van der Waals surface area contributed by atoms with Crippen LogP contribution < -0.4 is 5.32 Å². The molecule has 0 spiro atoms. The van der Waals surface area contributed by atoms with Gasteiger partial charge >= 0.3 is 0 Å². The fraction of sp³-hybridized carbons (Fsp3) is 0.0714. The second-order valence-electron chi connectivity index (χ2n) is 4.31. The van der Waals surface area contributed by atoms with E-state index >= 15 is 0 Å². The highest BCUT2D eigenvalue weighted by atomic mass is 79.9. The van der Waals surface area contributed by atoms with Gasteiger partial charge in [-0.05, 0) is 46.6 Å². The molecule has 0 saturated heterocycles. The van der Waals surface area contributed by atoms with Gasteiger partial charge in [0.15, 0.2) is 5.13 Å². The third-order valence-electron chi connectivity index (χ3n) is 2.86. The molecule has 20 heavy (non-hydrogen) atoms. The van der Waals surface area contributed by atoms with E-state index < -0.39 is 0 Å². The van der Waals surface area contributed by atoms with Crippen molar-refractivity contribution in [1.82, 2.24) is 4.98 Å². The Morgan fingerprint density at radius 2 is 2.15 bits per heavy atom. The predicted molar refractivity (Wildman–Crippen MR) is 86.7 cm³/mol. The molecule has 0 bridgehead atoms. The first-order valence-electron chi connectivity index (χ1n) is 5.82. The minimum atomic E-state index is -0.382. The van der Waals surface area contributed by atoms with E-state index in [4.69, 9.17) is 11.6 Å². The number of nitrogens with zero attached hydrogens (tertiary/aromatic N) is 1. The van der Waals surface area contributed by atoms with Gasteiger partial charge in [-0.2, -0.15) is 0 Å². The van der Waals surface area contributed by atoms with Gasteiger partial charge in [-0.25, -0.2) is 9.37 Å². The summed E-state index contributed by atoms with van der Waals surface area (Å²) in [5.74, 6) is -0.382. The zero-order chi connectivity index (χ0) is 14.3. The van der Waals surface area contributed by atoms with Gasteiger partial charge in [0.1, 0.15) is 5.82 Å². The highest BCUT2D eigenvalue weighted by molar-refractivity contribution is 9.10. The van der Waals surface area contributed by atoms with Crippen LogP contribution in [0.25, 0.3) is 10.2 Å². The molecule has 3 aromatic rings. The summed E-state index contributed by atoms with van der Waals surface area (Å²) in [6.07, 6.45) is 0. The van der Waals surface area contributed by atoms with Crippen molar-refractivity contribution in [2.75, 3.05) is 5.32 Å². The van der Waals surface area contributed by atoms with Gasteiger partial charge in [0, 0.05) is 4.47 Å². The Bertz CT molecular complexity index is 780. The monoisotopic (exact) mass is 370 g/mol. The van der Waals surface area contributed by atoms with Crippen LogP contribution in [-0.2, 0) is 0 Å². The lowest BCUT2D eigenvalue weighted by atomic mass is 10.2. The van der Waals surface area contributed by atoms with Crippen LogP contribution >= 0.6 is 38.9 Å². The molecule has 0 fully saturated rings. The van der Waals surface area contributed by atoms with E-state index in [0.29, 0.717) is 15.2 Å². The van der Waals surface area contributed by atoms with Gasteiger partial charge in [0.05, 0.1) is 20.9 Å². The molecule has 0 radical (unpaired) electrons. The standard InChI is InChI=1S/C14H9BrClFN2S/c1-7-3-2-4-11-12(7)18-14(20-11)19-13-9(15)5-8(17)6-10(13)16/h2-6H,1H3,(H,18,19). The predicted octanol–water partition coefficient (Wildman–Crippen LogP) is 5.90. The lowest BCUT2D eigenvalue weighted by Crippen LogP contribution is -1.93. The van der Waals surface area contributed by atoms with E-state index in [1.54, 1.807) is 0 Å². The lowest BCUT2D eigenvalue weighted by molar-refractivity contribution is 0.627. The molecular formula is C14H9BrClFN2S. The summed E-state index contributed by atoms with van der Waals surface area (Å²) in [5.41, 5.74) is 2.70. The topological polar surface area (TPSA) is 24.9 Å². The van der Waals surface area contributed by atoms with Crippen molar-refractivity contribution < 1.29 is 4.39 Å². The summed E-state index contributed by atoms with van der Waals surface area (Å²) in [6, 6.07) is 8.68. The van der Waals surface area contributed by atoms with Crippen molar-refractivity contribution in [1.29, 1.82) is 0 Å². The number of fused-ring (bicyclic) bond motifs is 1. The van der Waals surface area contributed by atoms with Gasteiger partial charge < -0.3 is 5.32 Å². The van der Waals surface area contributed by atoms with Crippen LogP contribution in [0.4, 0.5) is 15.2 Å². The largest absolute Gasteiger partial charge is 0.329 e. The molecule has 0 aliphatic rings. The van der Waals surface area contributed by atoms with Gasteiger partial charge in [-0.15, -0.1) is 0 Å². The molecule has 1 N–H and O–H groups in total.